The maximum absolute atomic E-state index is 12.0. The zero-order valence-electron chi connectivity index (χ0n) is 11.1. The van der Waals surface area contributed by atoms with Crippen molar-refractivity contribution in [3.05, 3.63) is 24.0 Å². The number of fused-ring (bicyclic) bond motifs is 1. The van der Waals surface area contributed by atoms with Crippen LogP contribution >= 0.6 is 0 Å². The van der Waals surface area contributed by atoms with Gasteiger partial charge in [-0.15, -0.1) is 0 Å². The Morgan fingerprint density at radius 3 is 2.95 bits per heavy atom. The molecule has 1 aliphatic heterocycles. The Hall–Kier alpha value is -2.15. The van der Waals surface area contributed by atoms with Crippen molar-refractivity contribution in [3.63, 3.8) is 0 Å². The number of carbonyl (C=O) groups excluding carboxylic acids is 1. The number of aromatic nitrogens is 3. The van der Waals surface area contributed by atoms with Gasteiger partial charge in [-0.25, -0.2) is 9.50 Å². The van der Waals surface area contributed by atoms with Crippen LogP contribution in [0.15, 0.2) is 18.5 Å². The quantitative estimate of drug-likeness (QED) is 0.824. The van der Waals surface area contributed by atoms with Gasteiger partial charge in [-0.05, 0) is 18.9 Å². The summed E-state index contributed by atoms with van der Waals surface area (Å²) in [5.41, 5.74) is 0.976. The van der Waals surface area contributed by atoms with E-state index in [-0.39, 0.29) is 19.1 Å². The van der Waals surface area contributed by atoms with Gasteiger partial charge < -0.3 is 15.3 Å². The molecule has 7 heteroatoms. The van der Waals surface area contributed by atoms with Gasteiger partial charge in [-0.1, -0.05) is 0 Å². The molecule has 2 aromatic heterocycles. The molecule has 0 aromatic carbocycles. The van der Waals surface area contributed by atoms with E-state index >= 15 is 0 Å². The Morgan fingerprint density at radius 1 is 1.40 bits per heavy atom. The fourth-order valence-electron chi connectivity index (χ4n) is 2.41. The summed E-state index contributed by atoms with van der Waals surface area (Å²) in [5.74, 6) is 0.617. The molecule has 1 amide bonds. The predicted molar refractivity (Wildman–Crippen MR) is 73.9 cm³/mol. The third-order valence-electron chi connectivity index (χ3n) is 3.43. The Morgan fingerprint density at radius 2 is 2.20 bits per heavy atom. The van der Waals surface area contributed by atoms with Crippen LogP contribution in [0.4, 0.5) is 5.82 Å². The lowest BCUT2D eigenvalue weighted by Crippen LogP contribution is -2.26. The van der Waals surface area contributed by atoms with Crippen LogP contribution in [-0.2, 0) is 0 Å². The minimum absolute atomic E-state index is 0.0859. The molecule has 0 radical (unpaired) electrons. The van der Waals surface area contributed by atoms with Crippen molar-refractivity contribution in [1.29, 1.82) is 0 Å². The fourth-order valence-corrected chi connectivity index (χ4v) is 2.41. The number of hydrogen-bond acceptors (Lipinski definition) is 5. The minimum atomic E-state index is -0.264. The molecule has 106 valence electrons. The van der Waals surface area contributed by atoms with Crippen molar-refractivity contribution in [2.24, 2.45) is 0 Å². The first-order valence-electron chi connectivity index (χ1n) is 6.78. The first-order valence-corrected chi connectivity index (χ1v) is 6.78. The van der Waals surface area contributed by atoms with Crippen LogP contribution in [0.25, 0.3) is 5.65 Å². The molecule has 0 aliphatic carbocycles. The van der Waals surface area contributed by atoms with Crippen LogP contribution in [0.3, 0.4) is 0 Å². The molecule has 1 aliphatic rings. The van der Waals surface area contributed by atoms with E-state index in [0.29, 0.717) is 11.2 Å². The molecular formula is C13H17N5O2. The van der Waals surface area contributed by atoms with E-state index in [0.717, 1.165) is 18.9 Å². The molecule has 2 aromatic rings. The highest BCUT2D eigenvalue weighted by atomic mass is 16.3. The normalized spacial score (nSPS) is 14.9. The Bertz CT molecular complexity index is 618. The highest BCUT2D eigenvalue weighted by molar-refractivity contribution is 5.99. The zero-order valence-corrected chi connectivity index (χ0v) is 11.1. The molecule has 7 nitrogen and oxygen atoms in total. The van der Waals surface area contributed by atoms with E-state index in [1.807, 2.05) is 12.3 Å². The van der Waals surface area contributed by atoms with Crippen molar-refractivity contribution >= 4 is 17.4 Å². The van der Waals surface area contributed by atoms with Crippen molar-refractivity contribution in [2.75, 3.05) is 31.1 Å². The zero-order chi connectivity index (χ0) is 13.9. The fraction of sp³-hybridized carbons (Fsp3) is 0.462. The van der Waals surface area contributed by atoms with Crippen LogP contribution in [0.5, 0.6) is 0 Å². The molecule has 20 heavy (non-hydrogen) atoms. The average Bonchev–Trinajstić information content (AvgIpc) is 3.12. The Kier molecular flexibility index (Phi) is 3.51. The van der Waals surface area contributed by atoms with Gasteiger partial charge >= 0.3 is 0 Å². The van der Waals surface area contributed by atoms with Crippen molar-refractivity contribution in [1.82, 2.24) is 19.9 Å². The number of amides is 1. The average molecular weight is 275 g/mol. The summed E-state index contributed by atoms with van der Waals surface area (Å²) in [6.45, 7) is 2.14. The monoisotopic (exact) mass is 275 g/mol. The second kappa shape index (κ2) is 5.46. The van der Waals surface area contributed by atoms with Gasteiger partial charge in [0.25, 0.3) is 5.91 Å². The number of aliphatic hydroxyl groups excluding tert-OH is 1. The number of anilines is 1. The van der Waals surface area contributed by atoms with Gasteiger partial charge in [0.15, 0.2) is 5.65 Å². The molecule has 0 saturated carbocycles. The number of aliphatic hydroxyl groups is 1. The summed E-state index contributed by atoms with van der Waals surface area (Å²) >= 11 is 0. The van der Waals surface area contributed by atoms with E-state index in [9.17, 15) is 4.79 Å². The summed E-state index contributed by atoms with van der Waals surface area (Å²) in [6.07, 6.45) is 5.67. The highest BCUT2D eigenvalue weighted by Crippen LogP contribution is 2.19. The van der Waals surface area contributed by atoms with Crippen molar-refractivity contribution < 1.29 is 9.90 Å². The summed E-state index contributed by atoms with van der Waals surface area (Å²) in [4.78, 5) is 18.7. The van der Waals surface area contributed by atoms with E-state index < -0.39 is 0 Å². The van der Waals surface area contributed by atoms with Gasteiger partial charge in [0.1, 0.15) is 11.4 Å². The first kappa shape index (κ1) is 12.9. The maximum Gasteiger partial charge on any atom is 0.256 e. The smallest absolute Gasteiger partial charge is 0.256 e. The number of nitrogens with zero attached hydrogens (tertiary/aromatic N) is 4. The van der Waals surface area contributed by atoms with Gasteiger partial charge in [0.05, 0.1) is 12.8 Å². The molecule has 0 unspecified atom stereocenters. The lowest BCUT2D eigenvalue weighted by molar-refractivity contribution is 0.0946. The van der Waals surface area contributed by atoms with Gasteiger partial charge in [-0.3, -0.25) is 4.79 Å². The van der Waals surface area contributed by atoms with Crippen LogP contribution in [0.2, 0.25) is 0 Å². The first-order chi connectivity index (χ1) is 9.79. The second-order valence-electron chi connectivity index (χ2n) is 4.79. The van der Waals surface area contributed by atoms with E-state index in [2.05, 4.69) is 20.3 Å². The maximum atomic E-state index is 12.0. The second-order valence-corrected chi connectivity index (χ2v) is 4.79. The highest BCUT2D eigenvalue weighted by Gasteiger charge is 2.17. The largest absolute Gasteiger partial charge is 0.395 e. The molecule has 1 fully saturated rings. The van der Waals surface area contributed by atoms with Crippen molar-refractivity contribution in [2.45, 2.75) is 12.8 Å². The lowest BCUT2D eigenvalue weighted by Gasteiger charge is -2.16. The van der Waals surface area contributed by atoms with Gasteiger partial charge in [0.2, 0.25) is 0 Å². The molecule has 0 atom stereocenters. The summed E-state index contributed by atoms with van der Waals surface area (Å²) in [6, 6.07) is 1.92. The molecule has 0 spiro atoms. The number of carbonyl (C=O) groups is 1. The standard InChI is InChI=1S/C13H17N5O2/c19-8-4-14-13(20)10-9-15-18-7-3-11(16-12(10)18)17-5-1-2-6-17/h3,7,9,19H,1-2,4-6,8H2,(H,14,20). The van der Waals surface area contributed by atoms with Crippen LogP contribution in [0, 0.1) is 0 Å². The number of rotatable bonds is 4. The summed E-state index contributed by atoms with van der Waals surface area (Å²) in [7, 11) is 0. The summed E-state index contributed by atoms with van der Waals surface area (Å²) < 4.78 is 1.59. The predicted octanol–water partition coefficient (Wildman–Crippen LogP) is 0.0516. The van der Waals surface area contributed by atoms with Gasteiger partial charge in [0, 0.05) is 25.8 Å². The molecule has 3 rings (SSSR count). The van der Waals surface area contributed by atoms with E-state index in [1.165, 1.54) is 19.0 Å². The number of nitrogens with one attached hydrogen (secondary N) is 1. The molecule has 0 bridgehead atoms. The third kappa shape index (κ3) is 2.32. The molecule has 3 heterocycles. The molecular weight excluding hydrogens is 258 g/mol. The van der Waals surface area contributed by atoms with E-state index in [4.69, 9.17) is 5.11 Å². The summed E-state index contributed by atoms with van der Waals surface area (Å²) in [5, 5.41) is 15.5. The number of hydrogen-bond donors (Lipinski definition) is 2. The topological polar surface area (TPSA) is 82.8 Å². The van der Waals surface area contributed by atoms with Crippen LogP contribution in [-0.4, -0.2) is 51.9 Å². The molecule has 2 N–H and O–H groups in total. The minimum Gasteiger partial charge on any atom is -0.395 e. The third-order valence-corrected chi connectivity index (χ3v) is 3.43. The van der Waals surface area contributed by atoms with Crippen LogP contribution in [0.1, 0.15) is 23.2 Å². The van der Waals surface area contributed by atoms with Crippen molar-refractivity contribution in [3.8, 4) is 0 Å². The van der Waals surface area contributed by atoms with Crippen LogP contribution < -0.4 is 10.2 Å². The van der Waals surface area contributed by atoms with E-state index in [1.54, 1.807) is 4.52 Å². The van der Waals surface area contributed by atoms with Gasteiger partial charge in [-0.2, -0.15) is 5.10 Å². The lowest BCUT2D eigenvalue weighted by atomic mass is 10.3. The molecule has 1 saturated heterocycles. The Labute approximate surface area is 116 Å². The SMILES string of the molecule is O=C(NCCO)c1cnn2ccc(N3CCCC3)nc12. The Balaban J connectivity index is 1.92.